The molecule has 1 amide bonds. The Bertz CT molecular complexity index is 897. The quantitative estimate of drug-likeness (QED) is 0.884. The van der Waals surface area contributed by atoms with E-state index in [0.717, 1.165) is 0 Å². The van der Waals surface area contributed by atoms with Gasteiger partial charge in [0.05, 0.1) is 23.6 Å². The van der Waals surface area contributed by atoms with Crippen LogP contribution in [0.1, 0.15) is 16.8 Å². The molecule has 3 rings (SSSR count). The topological polar surface area (TPSA) is 75.7 Å². The smallest absolute Gasteiger partial charge is 0.255 e. The molecule has 0 aliphatic carbocycles. The molecule has 1 fully saturated rings. The van der Waals surface area contributed by atoms with Gasteiger partial charge in [-0.05, 0) is 48.9 Å². The first-order valence-electron chi connectivity index (χ1n) is 7.66. The summed E-state index contributed by atoms with van der Waals surface area (Å²) in [6, 6.07) is 11.5. The highest BCUT2D eigenvalue weighted by molar-refractivity contribution is 7.93. The summed E-state index contributed by atoms with van der Waals surface area (Å²) in [7, 11) is -1.79. The maximum Gasteiger partial charge on any atom is 0.255 e. The lowest BCUT2D eigenvalue weighted by Crippen LogP contribution is -2.25. The van der Waals surface area contributed by atoms with Gasteiger partial charge in [0.1, 0.15) is 5.75 Å². The van der Waals surface area contributed by atoms with E-state index in [0.29, 0.717) is 40.7 Å². The van der Waals surface area contributed by atoms with Crippen LogP contribution in [-0.4, -0.2) is 33.7 Å². The van der Waals surface area contributed by atoms with E-state index >= 15 is 0 Å². The second-order valence-electron chi connectivity index (χ2n) is 5.59. The predicted octanol–water partition coefficient (Wildman–Crippen LogP) is 3.14. The van der Waals surface area contributed by atoms with Crippen molar-refractivity contribution in [2.24, 2.45) is 0 Å². The summed E-state index contributed by atoms with van der Waals surface area (Å²) in [5, 5.41) is 3.08. The maximum absolute atomic E-state index is 12.3. The van der Waals surface area contributed by atoms with Gasteiger partial charge in [0.15, 0.2) is 0 Å². The van der Waals surface area contributed by atoms with Gasteiger partial charge in [0.25, 0.3) is 5.91 Å². The van der Waals surface area contributed by atoms with E-state index in [1.165, 1.54) is 4.31 Å². The van der Waals surface area contributed by atoms with Crippen molar-refractivity contribution in [1.82, 2.24) is 0 Å². The Morgan fingerprint density at radius 2 is 1.92 bits per heavy atom. The number of nitrogens with zero attached hydrogens (tertiary/aromatic N) is 1. The second kappa shape index (κ2) is 6.93. The Morgan fingerprint density at radius 1 is 1.20 bits per heavy atom. The molecule has 0 aromatic heterocycles. The second-order valence-corrected chi connectivity index (χ2v) is 8.01. The molecule has 8 heteroatoms. The number of ether oxygens (including phenoxy) is 1. The number of hydrogen-bond acceptors (Lipinski definition) is 4. The van der Waals surface area contributed by atoms with Crippen LogP contribution in [0.2, 0.25) is 5.02 Å². The molecule has 1 N–H and O–H groups in total. The SMILES string of the molecule is COc1ccc(C(=O)Nc2ccc(Cl)c(N3CCCS3(=O)=O)c2)cc1. The lowest BCUT2D eigenvalue weighted by atomic mass is 10.2. The molecule has 132 valence electrons. The van der Waals surface area contributed by atoms with Crippen molar-refractivity contribution in [1.29, 1.82) is 0 Å². The first kappa shape index (κ1) is 17.6. The van der Waals surface area contributed by atoms with Gasteiger partial charge in [-0.1, -0.05) is 11.6 Å². The molecule has 1 aliphatic rings. The summed E-state index contributed by atoms with van der Waals surface area (Å²) in [5.41, 5.74) is 1.32. The van der Waals surface area contributed by atoms with Crippen molar-refractivity contribution < 1.29 is 17.9 Å². The fourth-order valence-corrected chi connectivity index (χ4v) is 4.48. The van der Waals surface area contributed by atoms with Gasteiger partial charge in [-0.2, -0.15) is 0 Å². The molecule has 0 bridgehead atoms. The molecule has 6 nitrogen and oxygen atoms in total. The number of halogens is 1. The van der Waals surface area contributed by atoms with Crippen LogP contribution >= 0.6 is 11.6 Å². The summed E-state index contributed by atoms with van der Waals surface area (Å²) in [4.78, 5) is 12.3. The third kappa shape index (κ3) is 3.72. The summed E-state index contributed by atoms with van der Waals surface area (Å²) in [6.45, 7) is 0.387. The minimum atomic E-state index is -3.35. The van der Waals surface area contributed by atoms with Crippen molar-refractivity contribution in [3.05, 3.63) is 53.1 Å². The number of carbonyl (C=O) groups excluding carboxylic acids is 1. The van der Waals surface area contributed by atoms with Gasteiger partial charge in [0.2, 0.25) is 10.0 Å². The molecule has 1 heterocycles. The number of carbonyl (C=O) groups is 1. The van der Waals surface area contributed by atoms with Crippen LogP contribution in [0.25, 0.3) is 0 Å². The van der Waals surface area contributed by atoms with Crippen molar-refractivity contribution in [3.63, 3.8) is 0 Å². The number of methoxy groups -OCH3 is 1. The first-order chi connectivity index (χ1) is 11.9. The molecule has 0 unspecified atom stereocenters. The van der Waals surface area contributed by atoms with E-state index in [1.807, 2.05) is 0 Å². The van der Waals surface area contributed by atoms with Gasteiger partial charge < -0.3 is 10.1 Å². The summed E-state index contributed by atoms with van der Waals surface area (Å²) in [6.07, 6.45) is 0.557. The summed E-state index contributed by atoms with van der Waals surface area (Å²) < 4.78 is 30.5. The van der Waals surface area contributed by atoms with Gasteiger partial charge in [-0.25, -0.2) is 8.42 Å². The molecular formula is C17H17ClN2O4S. The average Bonchev–Trinajstić information content (AvgIpc) is 2.95. The first-order valence-corrected chi connectivity index (χ1v) is 9.65. The van der Waals surface area contributed by atoms with E-state index in [1.54, 1.807) is 49.6 Å². The van der Waals surface area contributed by atoms with E-state index in [9.17, 15) is 13.2 Å². The fourth-order valence-electron chi connectivity index (χ4n) is 2.64. The van der Waals surface area contributed by atoms with Crippen LogP contribution in [0.5, 0.6) is 5.75 Å². The zero-order valence-corrected chi connectivity index (χ0v) is 15.1. The molecule has 2 aromatic carbocycles. The van der Waals surface area contributed by atoms with E-state index in [4.69, 9.17) is 16.3 Å². The number of benzene rings is 2. The Hall–Kier alpha value is -2.25. The summed E-state index contributed by atoms with van der Waals surface area (Å²) in [5.74, 6) is 0.455. The van der Waals surface area contributed by atoms with E-state index in [2.05, 4.69) is 5.32 Å². The van der Waals surface area contributed by atoms with Crippen LogP contribution < -0.4 is 14.4 Å². The van der Waals surface area contributed by atoms with Crippen LogP contribution in [-0.2, 0) is 10.0 Å². The van der Waals surface area contributed by atoms with E-state index in [-0.39, 0.29) is 11.7 Å². The molecule has 1 saturated heterocycles. The number of anilines is 2. The van der Waals surface area contributed by atoms with Gasteiger partial charge >= 0.3 is 0 Å². The Kier molecular flexibility index (Phi) is 4.87. The predicted molar refractivity (Wildman–Crippen MR) is 98.1 cm³/mol. The Morgan fingerprint density at radius 3 is 2.52 bits per heavy atom. The molecule has 25 heavy (non-hydrogen) atoms. The average molecular weight is 381 g/mol. The number of sulfonamides is 1. The lowest BCUT2D eigenvalue weighted by Gasteiger charge is -2.19. The molecule has 0 spiro atoms. The number of nitrogens with one attached hydrogen (secondary N) is 1. The Balaban J connectivity index is 1.83. The molecule has 0 atom stereocenters. The lowest BCUT2D eigenvalue weighted by molar-refractivity contribution is 0.102. The number of hydrogen-bond donors (Lipinski definition) is 1. The van der Waals surface area contributed by atoms with Crippen LogP contribution in [0.4, 0.5) is 11.4 Å². The minimum absolute atomic E-state index is 0.103. The van der Waals surface area contributed by atoms with Gasteiger partial charge in [-0.15, -0.1) is 0 Å². The maximum atomic E-state index is 12.3. The highest BCUT2D eigenvalue weighted by atomic mass is 35.5. The molecule has 2 aromatic rings. The van der Waals surface area contributed by atoms with Crippen LogP contribution in [0.15, 0.2) is 42.5 Å². The standard InChI is InChI=1S/C17H17ClN2O4S/c1-24-14-6-3-12(4-7-14)17(21)19-13-5-8-15(18)16(11-13)20-9-2-10-25(20,22)23/h3-8,11H,2,9-10H2,1H3,(H,19,21). The highest BCUT2D eigenvalue weighted by Crippen LogP contribution is 2.33. The Labute approximate surface area is 151 Å². The van der Waals surface area contributed by atoms with Crippen LogP contribution in [0, 0.1) is 0 Å². The number of rotatable bonds is 4. The van der Waals surface area contributed by atoms with Crippen molar-refractivity contribution in [2.45, 2.75) is 6.42 Å². The molecule has 0 radical (unpaired) electrons. The fraction of sp³-hybridized carbons (Fsp3) is 0.235. The van der Waals surface area contributed by atoms with Crippen molar-refractivity contribution >= 4 is 38.9 Å². The molecular weight excluding hydrogens is 364 g/mol. The van der Waals surface area contributed by atoms with E-state index < -0.39 is 10.0 Å². The summed E-state index contributed by atoms with van der Waals surface area (Å²) >= 11 is 6.16. The van der Waals surface area contributed by atoms with Gasteiger partial charge in [0, 0.05) is 17.8 Å². The zero-order chi connectivity index (χ0) is 18.0. The largest absolute Gasteiger partial charge is 0.497 e. The third-order valence-corrected chi connectivity index (χ3v) is 6.10. The van der Waals surface area contributed by atoms with Crippen molar-refractivity contribution in [3.8, 4) is 5.75 Å². The number of amides is 1. The van der Waals surface area contributed by atoms with Gasteiger partial charge in [-0.3, -0.25) is 9.10 Å². The monoisotopic (exact) mass is 380 g/mol. The zero-order valence-electron chi connectivity index (χ0n) is 13.5. The minimum Gasteiger partial charge on any atom is -0.497 e. The molecule has 0 saturated carbocycles. The third-order valence-electron chi connectivity index (χ3n) is 3.92. The molecule has 1 aliphatic heterocycles. The van der Waals surface area contributed by atoms with Crippen molar-refractivity contribution in [2.75, 3.05) is 29.0 Å². The van der Waals surface area contributed by atoms with Crippen LogP contribution in [0.3, 0.4) is 0 Å². The normalized spacial score (nSPS) is 15.8. The highest BCUT2D eigenvalue weighted by Gasteiger charge is 2.30.